The molecular weight excluding hydrogens is 370 g/mol. The van der Waals surface area contributed by atoms with Crippen molar-refractivity contribution in [1.82, 2.24) is 4.98 Å². The van der Waals surface area contributed by atoms with Gasteiger partial charge in [-0.15, -0.1) is 11.3 Å². The van der Waals surface area contributed by atoms with Gasteiger partial charge in [0.25, 0.3) is 0 Å². The van der Waals surface area contributed by atoms with Gasteiger partial charge in [-0.05, 0) is 26.0 Å². The molecule has 0 spiro atoms. The van der Waals surface area contributed by atoms with Gasteiger partial charge in [-0.2, -0.15) is 0 Å². The molecule has 0 aliphatic carbocycles. The highest BCUT2D eigenvalue weighted by molar-refractivity contribution is 8.02. The maximum atomic E-state index is 13.6. The fourth-order valence-corrected chi connectivity index (χ4v) is 3.79. The molecule has 1 aromatic heterocycles. The van der Waals surface area contributed by atoms with Gasteiger partial charge in [0, 0.05) is 11.4 Å². The topological polar surface area (TPSA) is 68.3 Å². The number of nitrogens with one attached hydrogen (secondary N) is 1. The number of ether oxygens (including phenoxy) is 1. The molecule has 0 unspecified atom stereocenters. The number of halogens is 2. The summed E-state index contributed by atoms with van der Waals surface area (Å²) in [5.74, 6) is -2.34. The lowest BCUT2D eigenvalue weighted by Gasteiger charge is -2.11. The number of esters is 1. The Morgan fingerprint density at radius 2 is 2.16 bits per heavy atom. The van der Waals surface area contributed by atoms with E-state index >= 15 is 0 Å². The molecule has 0 bridgehead atoms. The van der Waals surface area contributed by atoms with Crippen molar-refractivity contribution in [2.75, 3.05) is 11.9 Å². The van der Waals surface area contributed by atoms with Gasteiger partial charge in [0.05, 0.1) is 29.7 Å². The summed E-state index contributed by atoms with van der Waals surface area (Å²) < 4.78 is 31.9. The van der Waals surface area contributed by atoms with Crippen molar-refractivity contribution >= 4 is 40.7 Å². The lowest BCUT2D eigenvalue weighted by Crippen LogP contribution is -2.23. The molecule has 25 heavy (non-hydrogen) atoms. The van der Waals surface area contributed by atoms with Crippen molar-refractivity contribution in [1.29, 1.82) is 0 Å². The number of amides is 1. The van der Waals surface area contributed by atoms with Crippen molar-refractivity contribution in [2.24, 2.45) is 0 Å². The summed E-state index contributed by atoms with van der Waals surface area (Å²) in [6, 6.07) is 2.94. The second-order valence-corrected chi connectivity index (χ2v) is 7.41. The van der Waals surface area contributed by atoms with E-state index in [-0.39, 0.29) is 18.1 Å². The Balaban J connectivity index is 1.92. The van der Waals surface area contributed by atoms with Crippen molar-refractivity contribution < 1.29 is 23.1 Å². The molecule has 0 aliphatic heterocycles. The van der Waals surface area contributed by atoms with E-state index in [0.717, 1.165) is 6.07 Å². The Labute approximate surface area is 151 Å². The predicted molar refractivity (Wildman–Crippen MR) is 92.8 cm³/mol. The summed E-state index contributed by atoms with van der Waals surface area (Å²) in [4.78, 5) is 27.8. The normalized spacial score (nSPS) is 11.8. The fourth-order valence-electron chi connectivity index (χ4n) is 1.81. The molecule has 0 aliphatic rings. The Bertz CT molecular complexity index is 768. The Kier molecular flexibility index (Phi) is 6.89. The van der Waals surface area contributed by atoms with Crippen LogP contribution >= 0.6 is 23.1 Å². The third-order valence-corrected chi connectivity index (χ3v) is 5.12. The fraction of sp³-hybridized carbons (Fsp3) is 0.312. The number of thioether (sulfide) groups is 1. The number of rotatable bonds is 7. The quantitative estimate of drug-likeness (QED) is 0.581. The number of hydrogen-bond donors (Lipinski definition) is 1. The molecule has 0 saturated carbocycles. The van der Waals surface area contributed by atoms with Gasteiger partial charge in [0.1, 0.15) is 11.6 Å². The van der Waals surface area contributed by atoms with Crippen LogP contribution in [0.2, 0.25) is 0 Å². The number of hydrogen-bond acceptors (Lipinski definition) is 6. The average Bonchev–Trinajstić information content (AvgIpc) is 2.97. The summed E-state index contributed by atoms with van der Waals surface area (Å²) in [6.45, 7) is 3.68. The van der Waals surface area contributed by atoms with Gasteiger partial charge in [0.15, 0.2) is 4.34 Å². The predicted octanol–water partition coefficient (Wildman–Crippen LogP) is 3.65. The maximum Gasteiger partial charge on any atom is 0.311 e. The molecule has 2 aromatic rings. The number of nitrogens with zero attached hydrogens (tertiary/aromatic N) is 1. The van der Waals surface area contributed by atoms with Crippen LogP contribution in [-0.4, -0.2) is 28.7 Å². The van der Waals surface area contributed by atoms with Crippen LogP contribution in [0.15, 0.2) is 27.9 Å². The first-order valence-corrected chi connectivity index (χ1v) is 9.17. The smallest absolute Gasteiger partial charge is 0.311 e. The van der Waals surface area contributed by atoms with Gasteiger partial charge in [-0.25, -0.2) is 13.8 Å². The van der Waals surface area contributed by atoms with E-state index in [0.29, 0.717) is 22.7 Å². The summed E-state index contributed by atoms with van der Waals surface area (Å²) in [5, 5.41) is 3.59. The molecule has 134 valence electrons. The summed E-state index contributed by atoms with van der Waals surface area (Å²) in [5.41, 5.74) is 0.490. The van der Waals surface area contributed by atoms with E-state index in [9.17, 15) is 18.4 Å². The van der Waals surface area contributed by atoms with E-state index in [1.165, 1.54) is 29.2 Å². The minimum absolute atomic E-state index is 0.0757. The van der Waals surface area contributed by atoms with Crippen molar-refractivity contribution in [3.8, 4) is 0 Å². The van der Waals surface area contributed by atoms with E-state index in [1.54, 1.807) is 19.2 Å². The molecule has 9 heteroatoms. The van der Waals surface area contributed by atoms with Gasteiger partial charge in [0.2, 0.25) is 5.91 Å². The first-order chi connectivity index (χ1) is 11.9. The molecular formula is C16H16F2N2O3S2. The van der Waals surface area contributed by atoms with Crippen molar-refractivity contribution in [3.63, 3.8) is 0 Å². The van der Waals surface area contributed by atoms with Crippen LogP contribution in [0.5, 0.6) is 0 Å². The minimum atomic E-state index is -0.837. The molecule has 0 fully saturated rings. The lowest BCUT2D eigenvalue weighted by molar-refractivity contribution is -0.142. The molecule has 1 amide bonds. The first kappa shape index (κ1) is 19.3. The molecule has 1 atom stereocenters. The van der Waals surface area contributed by atoms with Crippen LogP contribution < -0.4 is 5.32 Å². The molecule has 1 N–H and O–H groups in total. The maximum absolute atomic E-state index is 13.6. The van der Waals surface area contributed by atoms with Crippen LogP contribution in [0.1, 0.15) is 19.5 Å². The zero-order valence-corrected chi connectivity index (χ0v) is 15.2. The Morgan fingerprint density at radius 1 is 1.40 bits per heavy atom. The Hall–Kier alpha value is -2.00. The summed E-state index contributed by atoms with van der Waals surface area (Å²) >= 11 is 2.50. The second-order valence-electron chi connectivity index (χ2n) is 4.96. The van der Waals surface area contributed by atoms with Crippen LogP contribution in [0, 0.1) is 11.6 Å². The van der Waals surface area contributed by atoms with Gasteiger partial charge < -0.3 is 10.1 Å². The van der Waals surface area contributed by atoms with Gasteiger partial charge in [-0.1, -0.05) is 11.8 Å². The zero-order valence-electron chi connectivity index (χ0n) is 13.5. The van der Waals surface area contributed by atoms with Crippen LogP contribution in [-0.2, 0) is 20.7 Å². The van der Waals surface area contributed by atoms with Crippen molar-refractivity contribution in [3.05, 3.63) is 40.9 Å². The zero-order chi connectivity index (χ0) is 18.4. The van der Waals surface area contributed by atoms with Crippen molar-refractivity contribution in [2.45, 2.75) is 29.9 Å². The van der Waals surface area contributed by atoms with Crippen LogP contribution in [0.4, 0.5) is 14.5 Å². The number of aromatic nitrogens is 1. The van der Waals surface area contributed by atoms with E-state index in [1.807, 2.05) is 0 Å². The molecule has 1 heterocycles. The highest BCUT2D eigenvalue weighted by Gasteiger charge is 2.18. The monoisotopic (exact) mass is 386 g/mol. The molecule has 5 nitrogen and oxygen atoms in total. The van der Waals surface area contributed by atoms with Gasteiger partial charge >= 0.3 is 5.97 Å². The summed E-state index contributed by atoms with van der Waals surface area (Å²) in [6.07, 6.45) is 0.0757. The minimum Gasteiger partial charge on any atom is -0.466 e. The molecule has 1 aromatic carbocycles. The second kappa shape index (κ2) is 8.91. The molecule has 0 saturated heterocycles. The highest BCUT2D eigenvalue weighted by atomic mass is 32.2. The third kappa shape index (κ3) is 5.79. The number of anilines is 1. The number of benzene rings is 1. The van der Waals surface area contributed by atoms with E-state index < -0.39 is 22.8 Å². The third-order valence-electron chi connectivity index (χ3n) is 3.00. The largest absolute Gasteiger partial charge is 0.466 e. The van der Waals surface area contributed by atoms with Gasteiger partial charge in [-0.3, -0.25) is 9.59 Å². The molecule has 2 rings (SSSR count). The van der Waals surface area contributed by atoms with Crippen LogP contribution in [0.25, 0.3) is 0 Å². The van der Waals surface area contributed by atoms with Crippen LogP contribution in [0.3, 0.4) is 0 Å². The van der Waals surface area contributed by atoms with E-state index in [2.05, 4.69) is 10.3 Å². The Morgan fingerprint density at radius 3 is 2.84 bits per heavy atom. The first-order valence-electron chi connectivity index (χ1n) is 7.41. The standard InChI is InChI=1S/C16H16F2N2O3S2/c1-3-23-14(21)7-11-8-24-16(19-11)25-9(2)15(22)20-13-5-4-10(17)6-12(13)18/h4-6,8-9H,3,7H2,1-2H3,(H,20,22)/t9-/m1/s1. The number of carbonyl (C=O) groups is 2. The lowest BCUT2D eigenvalue weighted by atomic mass is 10.3. The number of thiazole rings is 1. The molecule has 0 radical (unpaired) electrons. The SMILES string of the molecule is CCOC(=O)Cc1csc(S[C@H](C)C(=O)Nc2ccc(F)cc2F)n1. The van der Waals surface area contributed by atoms with E-state index in [4.69, 9.17) is 4.74 Å². The average molecular weight is 386 g/mol. The number of carbonyl (C=O) groups excluding carboxylic acids is 2. The summed E-state index contributed by atoms with van der Waals surface area (Å²) in [7, 11) is 0. The highest BCUT2D eigenvalue weighted by Crippen LogP contribution is 2.28.